The first-order valence-electron chi connectivity index (χ1n) is 9.22. The molecule has 2 atom stereocenters. The van der Waals surface area contributed by atoms with Crippen molar-refractivity contribution in [1.29, 1.82) is 0 Å². The summed E-state index contributed by atoms with van der Waals surface area (Å²) in [5, 5.41) is 4.97. The van der Waals surface area contributed by atoms with Gasteiger partial charge in [0, 0.05) is 30.6 Å². The molecule has 0 bridgehead atoms. The van der Waals surface area contributed by atoms with Gasteiger partial charge in [-0.3, -0.25) is 19.8 Å². The van der Waals surface area contributed by atoms with Gasteiger partial charge in [-0.1, -0.05) is 12.1 Å². The third-order valence-electron chi connectivity index (χ3n) is 4.44. The van der Waals surface area contributed by atoms with Crippen LogP contribution in [0.4, 0.5) is 5.13 Å². The average Bonchev–Trinajstić information content (AvgIpc) is 3.08. The van der Waals surface area contributed by atoms with Crippen LogP contribution in [0.1, 0.15) is 35.5 Å². The molecule has 8 heteroatoms. The number of esters is 1. The molecule has 1 amide bonds. The Morgan fingerprint density at radius 1 is 1.25 bits per heavy atom. The number of hydrogen-bond acceptors (Lipinski definition) is 7. The van der Waals surface area contributed by atoms with E-state index in [2.05, 4.69) is 33.8 Å². The van der Waals surface area contributed by atoms with Crippen LogP contribution < -0.4 is 5.32 Å². The van der Waals surface area contributed by atoms with Gasteiger partial charge in [0.15, 0.2) is 5.13 Å². The fourth-order valence-corrected chi connectivity index (χ4v) is 3.97. The van der Waals surface area contributed by atoms with Gasteiger partial charge in [0.25, 0.3) is 5.91 Å². The molecule has 2 unspecified atom stereocenters. The molecule has 7 nitrogen and oxygen atoms in total. The highest BCUT2D eigenvalue weighted by atomic mass is 32.1. The summed E-state index contributed by atoms with van der Waals surface area (Å²) in [4.78, 5) is 30.3. The summed E-state index contributed by atoms with van der Waals surface area (Å²) in [6.45, 7) is 6.83. The number of methoxy groups -OCH3 is 1. The van der Waals surface area contributed by atoms with Crippen molar-refractivity contribution in [1.82, 2.24) is 9.88 Å². The van der Waals surface area contributed by atoms with Gasteiger partial charge in [-0.15, -0.1) is 11.3 Å². The van der Waals surface area contributed by atoms with Crippen molar-refractivity contribution in [2.75, 3.05) is 25.5 Å². The number of anilines is 1. The van der Waals surface area contributed by atoms with Crippen LogP contribution in [0.3, 0.4) is 0 Å². The highest BCUT2D eigenvalue weighted by molar-refractivity contribution is 7.14. The number of carbonyl (C=O) groups excluding carboxylic acids is 2. The van der Waals surface area contributed by atoms with Crippen molar-refractivity contribution in [3.8, 4) is 0 Å². The highest BCUT2D eigenvalue weighted by Crippen LogP contribution is 2.18. The molecule has 1 aliphatic rings. The van der Waals surface area contributed by atoms with Crippen molar-refractivity contribution in [3.05, 3.63) is 46.5 Å². The van der Waals surface area contributed by atoms with Crippen LogP contribution in [0.15, 0.2) is 29.6 Å². The maximum absolute atomic E-state index is 12.4. The summed E-state index contributed by atoms with van der Waals surface area (Å²) in [5.74, 6) is -0.582. The van der Waals surface area contributed by atoms with Crippen molar-refractivity contribution in [3.63, 3.8) is 0 Å². The predicted octanol–water partition coefficient (Wildman–Crippen LogP) is 2.72. The Balaban J connectivity index is 1.55. The molecule has 1 saturated heterocycles. The maximum atomic E-state index is 12.4. The van der Waals surface area contributed by atoms with E-state index in [0.717, 1.165) is 25.2 Å². The van der Waals surface area contributed by atoms with Crippen LogP contribution >= 0.6 is 11.3 Å². The zero-order chi connectivity index (χ0) is 20.1. The van der Waals surface area contributed by atoms with Crippen LogP contribution in [0.5, 0.6) is 0 Å². The van der Waals surface area contributed by atoms with Gasteiger partial charge in [-0.05, 0) is 31.5 Å². The Bertz CT molecular complexity index is 811. The van der Waals surface area contributed by atoms with Crippen LogP contribution in [0.25, 0.3) is 0 Å². The lowest BCUT2D eigenvalue weighted by molar-refractivity contribution is -0.139. The minimum absolute atomic E-state index is 0.0936. The summed E-state index contributed by atoms with van der Waals surface area (Å²) in [6.07, 6.45) is 0.559. The molecule has 1 fully saturated rings. The molecule has 28 heavy (non-hydrogen) atoms. The Morgan fingerprint density at radius 3 is 2.57 bits per heavy atom. The number of thiazole rings is 1. The van der Waals surface area contributed by atoms with Gasteiger partial charge in [0.05, 0.1) is 31.4 Å². The van der Waals surface area contributed by atoms with E-state index in [1.165, 1.54) is 18.4 Å². The zero-order valence-electron chi connectivity index (χ0n) is 16.3. The molecule has 2 heterocycles. The van der Waals surface area contributed by atoms with Crippen LogP contribution in [-0.2, 0) is 27.2 Å². The Morgan fingerprint density at radius 2 is 1.93 bits per heavy atom. The number of carbonyl (C=O) groups is 2. The van der Waals surface area contributed by atoms with Gasteiger partial charge < -0.3 is 9.47 Å². The van der Waals surface area contributed by atoms with E-state index >= 15 is 0 Å². The molecule has 150 valence electrons. The fourth-order valence-electron chi connectivity index (χ4n) is 3.27. The van der Waals surface area contributed by atoms with Crippen molar-refractivity contribution in [2.24, 2.45) is 0 Å². The minimum atomic E-state index is -0.358. The number of nitrogens with zero attached hydrogens (tertiary/aromatic N) is 2. The van der Waals surface area contributed by atoms with Crippen LogP contribution in [0, 0.1) is 0 Å². The topological polar surface area (TPSA) is 80.8 Å². The average molecular weight is 404 g/mol. The second-order valence-corrected chi connectivity index (χ2v) is 7.86. The lowest BCUT2D eigenvalue weighted by atomic mass is 10.1. The number of hydrogen-bond donors (Lipinski definition) is 1. The molecule has 1 N–H and O–H groups in total. The maximum Gasteiger partial charge on any atom is 0.311 e. The minimum Gasteiger partial charge on any atom is -0.469 e. The summed E-state index contributed by atoms with van der Waals surface area (Å²) in [6, 6.07) is 7.59. The second kappa shape index (κ2) is 9.27. The first-order chi connectivity index (χ1) is 13.4. The standard InChI is InChI=1S/C20H25N3O4S/c1-13-9-23(10-14(2)27-13)11-15-4-6-16(7-5-15)19(25)22-20-21-17(12-28-20)8-18(24)26-3/h4-7,12-14H,8-11H2,1-3H3,(H,21,22,25). The van der Waals surface area contributed by atoms with Crippen molar-refractivity contribution < 1.29 is 19.1 Å². The Hall–Kier alpha value is -2.29. The lowest BCUT2D eigenvalue weighted by Crippen LogP contribution is -2.44. The fraction of sp³-hybridized carbons (Fsp3) is 0.450. The van der Waals surface area contributed by atoms with Gasteiger partial charge >= 0.3 is 5.97 Å². The summed E-state index contributed by atoms with van der Waals surface area (Å²) in [5.41, 5.74) is 2.31. The van der Waals surface area contributed by atoms with Crippen LogP contribution in [-0.4, -0.2) is 54.2 Å². The first kappa shape index (κ1) is 20.4. The highest BCUT2D eigenvalue weighted by Gasteiger charge is 2.22. The molecule has 1 aromatic carbocycles. The zero-order valence-corrected chi connectivity index (χ0v) is 17.1. The Labute approximate surface area is 168 Å². The number of ether oxygens (including phenoxy) is 2. The monoisotopic (exact) mass is 403 g/mol. The van der Waals surface area contributed by atoms with E-state index in [0.29, 0.717) is 16.4 Å². The summed E-state index contributed by atoms with van der Waals surface area (Å²) < 4.78 is 10.4. The quantitative estimate of drug-likeness (QED) is 0.747. The SMILES string of the molecule is COC(=O)Cc1csc(NC(=O)c2ccc(CN3CC(C)OC(C)C3)cc2)n1. The number of rotatable bonds is 6. The van der Waals surface area contributed by atoms with Crippen molar-refractivity contribution in [2.45, 2.75) is 39.0 Å². The van der Waals surface area contributed by atoms with Crippen LogP contribution in [0.2, 0.25) is 0 Å². The largest absolute Gasteiger partial charge is 0.469 e. The first-order valence-corrected chi connectivity index (χ1v) is 10.1. The summed E-state index contributed by atoms with van der Waals surface area (Å²) >= 11 is 1.28. The molecule has 0 aliphatic carbocycles. The van der Waals surface area contributed by atoms with Gasteiger partial charge in [0.1, 0.15) is 0 Å². The molecule has 1 aromatic heterocycles. The Kier molecular flexibility index (Phi) is 6.77. The van der Waals surface area contributed by atoms with Gasteiger partial charge in [-0.25, -0.2) is 4.98 Å². The predicted molar refractivity (Wildman–Crippen MR) is 108 cm³/mol. The summed E-state index contributed by atoms with van der Waals surface area (Å²) in [7, 11) is 1.33. The van der Waals surface area contributed by atoms with E-state index < -0.39 is 0 Å². The van der Waals surface area contributed by atoms with Gasteiger partial charge in [-0.2, -0.15) is 0 Å². The molecular formula is C20H25N3O4S. The second-order valence-electron chi connectivity index (χ2n) is 7.00. The molecule has 0 spiro atoms. The molecular weight excluding hydrogens is 378 g/mol. The van der Waals surface area contributed by atoms with E-state index in [-0.39, 0.29) is 30.5 Å². The van der Waals surface area contributed by atoms with E-state index in [9.17, 15) is 9.59 Å². The molecule has 0 saturated carbocycles. The lowest BCUT2D eigenvalue weighted by Gasteiger charge is -2.35. The number of morpholine rings is 1. The van der Waals surface area contributed by atoms with E-state index in [1.807, 2.05) is 24.3 Å². The number of benzene rings is 1. The van der Waals surface area contributed by atoms with E-state index in [1.54, 1.807) is 5.38 Å². The van der Waals surface area contributed by atoms with E-state index in [4.69, 9.17) is 4.74 Å². The molecule has 2 aromatic rings. The van der Waals surface area contributed by atoms with Gasteiger partial charge in [0.2, 0.25) is 0 Å². The third-order valence-corrected chi connectivity index (χ3v) is 5.25. The number of aromatic nitrogens is 1. The normalized spacial score (nSPS) is 20.0. The third kappa shape index (κ3) is 5.60. The smallest absolute Gasteiger partial charge is 0.311 e. The molecule has 1 aliphatic heterocycles. The van der Waals surface area contributed by atoms with Crippen molar-refractivity contribution >= 4 is 28.3 Å². The number of amides is 1. The molecule has 3 rings (SSSR count). The number of nitrogens with one attached hydrogen (secondary N) is 1. The molecule has 0 radical (unpaired) electrons.